The number of esters is 3. The molecule has 2 bridgehead atoms. The van der Waals surface area contributed by atoms with Gasteiger partial charge < -0.3 is 14.2 Å². The third-order valence-electron chi connectivity index (χ3n) is 5.66. The van der Waals surface area contributed by atoms with Gasteiger partial charge in [-0.3, -0.25) is 4.79 Å². The maximum atomic E-state index is 12.8. The Balaban J connectivity index is 2.48. The molecule has 2 atom stereocenters. The minimum absolute atomic E-state index is 0.275. The number of allylic oxidation sites excluding steroid dienone is 4. The van der Waals surface area contributed by atoms with Crippen molar-refractivity contribution in [2.45, 2.75) is 77.9 Å². The van der Waals surface area contributed by atoms with Crippen molar-refractivity contribution in [1.82, 2.24) is 0 Å². The van der Waals surface area contributed by atoms with Gasteiger partial charge in [0.25, 0.3) is 0 Å². The van der Waals surface area contributed by atoms with Crippen LogP contribution in [0.2, 0.25) is 0 Å². The van der Waals surface area contributed by atoms with Crippen LogP contribution in [-0.2, 0) is 28.6 Å². The largest absolute Gasteiger partial charge is 0.466 e. The quantitative estimate of drug-likeness (QED) is 0.518. The van der Waals surface area contributed by atoms with Gasteiger partial charge in [-0.2, -0.15) is 0 Å². The Hall–Kier alpha value is -2.37. The molecule has 0 amide bonds. The molecule has 0 fully saturated rings. The van der Waals surface area contributed by atoms with E-state index in [1.807, 2.05) is 12.2 Å². The van der Waals surface area contributed by atoms with E-state index in [2.05, 4.69) is 13.8 Å². The molecule has 29 heavy (non-hydrogen) atoms. The predicted octanol–water partition coefficient (Wildman–Crippen LogP) is 4.20. The lowest BCUT2D eigenvalue weighted by atomic mass is 9.88. The highest BCUT2D eigenvalue weighted by Gasteiger charge is 2.42. The summed E-state index contributed by atoms with van der Waals surface area (Å²) in [5, 5.41) is 0. The van der Waals surface area contributed by atoms with Crippen molar-refractivity contribution in [2.24, 2.45) is 5.92 Å². The van der Waals surface area contributed by atoms with Gasteiger partial charge in [-0.25, -0.2) is 9.59 Å². The molecule has 0 N–H and O–H groups in total. The van der Waals surface area contributed by atoms with Gasteiger partial charge in [0.1, 0.15) is 11.7 Å². The first-order chi connectivity index (χ1) is 13.7. The van der Waals surface area contributed by atoms with Crippen LogP contribution >= 0.6 is 0 Å². The second-order valence-corrected chi connectivity index (χ2v) is 8.19. The summed E-state index contributed by atoms with van der Waals surface area (Å²) in [5.74, 6) is -0.936. The molecule has 0 aromatic rings. The van der Waals surface area contributed by atoms with Gasteiger partial charge in [0.2, 0.25) is 0 Å². The topological polar surface area (TPSA) is 78.9 Å². The zero-order chi connectivity index (χ0) is 21.6. The predicted molar refractivity (Wildman–Crippen MR) is 109 cm³/mol. The number of carbonyl (C=O) groups is 3. The molecule has 2 aliphatic rings. The smallest absolute Gasteiger partial charge is 0.334 e. The van der Waals surface area contributed by atoms with Crippen LogP contribution in [0.5, 0.6) is 0 Å². The second kappa shape index (κ2) is 9.90. The van der Waals surface area contributed by atoms with Gasteiger partial charge >= 0.3 is 17.9 Å². The van der Waals surface area contributed by atoms with Crippen LogP contribution in [0.15, 0.2) is 34.9 Å². The Kier molecular flexibility index (Phi) is 7.82. The van der Waals surface area contributed by atoms with E-state index in [1.54, 1.807) is 13.0 Å². The summed E-state index contributed by atoms with van der Waals surface area (Å²) in [5.41, 5.74) is 1.34. The Bertz CT molecular complexity index is 742. The van der Waals surface area contributed by atoms with Crippen LogP contribution in [0.3, 0.4) is 0 Å². The average molecular weight is 405 g/mol. The normalized spacial score (nSPS) is 25.9. The van der Waals surface area contributed by atoms with E-state index in [9.17, 15) is 14.4 Å². The van der Waals surface area contributed by atoms with Crippen molar-refractivity contribution in [1.29, 1.82) is 0 Å². The zero-order valence-electron chi connectivity index (χ0n) is 18.1. The van der Waals surface area contributed by atoms with Crippen LogP contribution in [0.25, 0.3) is 0 Å². The van der Waals surface area contributed by atoms with Gasteiger partial charge in [0, 0.05) is 18.1 Å². The minimum Gasteiger partial charge on any atom is -0.466 e. The van der Waals surface area contributed by atoms with E-state index in [0.29, 0.717) is 49.7 Å². The molecule has 160 valence electrons. The molecule has 2 heterocycles. The van der Waals surface area contributed by atoms with Crippen molar-refractivity contribution in [3.63, 3.8) is 0 Å². The molecule has 0 unspecified atom stereocenters. The number of hydrogen-bond donors (Lipinski definition) is 0. The summed E-state index contributed by atoms with van der Waals surface area (Å²) in [6.45, 7) is 7.31. The number of fused-ring (bicyclic) bond motifs is 3. The van der Waals surface area contributed by atoms with Crippen molar-refractivity contribution < 1.29 is 28.6 Å². The molecule has 2 rings (SSSR count). The maximum absolute atomic E-state index is 12.8. The van der Waals surface area contributed by atoms with Gasteiger partial charge in [0.15, 0.2) is 0 Å². The number of methoxy groups -OCH3 is 1. The minimum atomic E-state index is -0.954. The zero-order valence-corrected chi connectivity index (χ0v) is 18.1. The molecule has 0 radical (unpaired) electrons. The van der Waals surface area contributed by atoms with E-state index in [4.69, 9.17) is 14.2 Å². The fourth-order valence-electron chi connectivity index (χ4n) is 3.79. The van der Waals surface area contributed by atoms with E-state index in [1.165, 1.54) is 14.0 Å². The SMILES string of the molecule is COC(=O)C1=CC=C(C(C)C)CCC2=CCC[C@](C)(OC2=O)[C@H](OC(C)=O)CC1. The number of ether oxygens (including phenoxy) is 3. The first kappa shape index (κ1) is 22.9. The summed E-state index contributed by atoms with van der Waals surface area (Å²) >= 11 is 0. The van der Waals surface area contributed by atoms with E-state index >= 15 is 0 Å². The number of rotatable bonds is 3. The molecule has 0 aromatic carbocycles. The molecule has 0 spiro atoms. The second-order valence-electron chi connectivity index (χ2n) is 8.19. The van der Waals surface area contributed by atoms with Crippen LogP contribution in [0.4, 0.5) is 0 Å². The standard InChI is InChI=1S/C23H32O6/c1-15(2)17-8-10-18-7-6-14-23(4,29-22(18)26)20(28-16(3)24)13-12-19(11-9-17)21(25)27-5/h7,9,11,15,20H,6,8,10,12-14H2,1-5H3/t20-,23+/m1/s1. The van der Waals surface area contributed by atoms with Crippen molar-refractivity contribution in [2.75, 3.05) is 7.11 Å². The highest BCUT2D eigenvalue weighted by Crippen LogP contribution is 2.34. The molecular weight excluding hydrogens is 372 g/mol. The van der Waals surface area contributed by atoms with Gasteiger partial charge in [-0.15, -0.1) is 0 Å². The highest BCUT2D eigenvalue weighted by molar-refractivity contribution is 5.89. The summed E-state index contributed by atoms with van der Waals surface area (Å²) in [6.07, 6.45) is 8.20. The van der Waals surface area contributed by atoms with Gasteiger partial charge in [-0.05, 0) is 51.4 Å². The first-order valence-corrected chi connectivity index (χ1v) is 10.2. The summed E-state index contributed by atoms with van der Waals surface area (Å²) in [4.78, 5) is 36.8. The Morgan fingerprint density at radius 3 is 2.55 bits per heavy atom. The third kappa shape index (κ3) is 6.05. The van der Waals surface area contributed by atoms with Crippen LogP contribution < -0.4 is 0 Å². The van der Waals surface area contributed by atoms with Crippen molar-refractivity contribution >= 4 is 17.9 Å². The average Bonchev–Trinajstić information content (AvgIpc) is 2.79. The molecule has 0 aliphatic carbocycles. The number of hydrogen-bond acceptors (Lipinski definition) is 6. The molecule has 2 aliphatic heterocycles. The van der Waals surface area contributed by atoms with Crippen molar-refractivity contribution in [3.05, 3.63) is 34.9 Å². The van der Waals surface area contributed by atoms with Crippen molar-refractivity contribution in [3.8, 4) is 0 Å². The van der Waals surface area contributed by atoms with E-state index in [-0.39, 0.29) is 11.9 Å². The van der Waals surface area contributed by atoms with Crippen LogP contribution in [0, 0.1) is 5.92 Å². The van der Waals surface area contributed by atoms with Crippen LogP contribution in [-0.4, -0.2) is 36.7 Å². The molecule has 0 saturated carbocycles. The summed E-state index contributed by atoms with van der Waals surface area (Å²) in [7, 11) is 1.35. The lowest BCUT2D eigenvalue weighted by molar-refractivity contribution is -0.181. The Morgan fingerprint density at radius 1 is 1.21 bits per heavy atom. The monoisotopic (exact) mass is 404 g/mol. The van der Waals surface area contributed by atoms with E-state index < -0.39 is 23.6 Å². The molecule has 0 saturated heterocycles. The first-order valence-electron chi connectivity index (χ1n) is 10.2. The van der Waals surface area contributed by atoms with E-state index in [0.717, 1.165) is 5.57 Å². The molecule has 6 heteroatoms. The Labute approximate surface area is 173 Å². The Morgan fingerprint density at radius 2 is 1.93 bits per heavy atom. The fraction of sp³-hybridized carbons (Fsp3) is 0.609. The number of carbonyl (C=O) groups excluding carboxylic acids is 3. The van der Waals surface area contributed by atoms with Gasteiger partial charge in [-0.1, -0.05) is 37.6 Å². The summed E-state index contributed by atoms with van der Waals surface area (Å²) < 4.78 is 16.4. The lowest BCUT2D eigenvalue weighted by Gasteiger charge is -2.35. The highest BCUT2D eigenvalue weighted by atomic mass is 16.6. The molecule has 0 aromatic heterocycles. The molecular formula is C23H32O6. The lowest BCUT2D eigenvalue weighted by Crippen LogP contribution is -2.45. The van der Waals surface area contributed by atoms with Crippen LogP contribution in [0.1, 0.15) is 66.2 Å². The molecule has 6 nitrogen and oxygen atoms in total. The van der Waals surface area contributed by atoms with Gasteiger partial charge in [0.05, 0.1) is 7.11 Å². The third-order valence-corrected chi connectivity index (χ3v) is 5.66. The maximum Gasteiger partial charge on any atom is 0.334 e. The fourth-order valence-corrected chi connectivity index (χ4v) is 3.79. The summed E-state index contributed by atoms with van der Waals surface area (Å²) in [6, 6.07) is 0.